The normalized spacial score (nSPS) is 12.6. The van der Waals surface area contributed by atoms with Gasteiger partial charge < -0.3 is 5.32 Å². The molecule has 0 bridgehead atoms. The highest BCUT2D eigenvalue weighted by molar-refractivity contribution is 5.23. The number of aromatic amines is 1. The van der Waals surface area contributed by atoms with Crippen LogP contribution in [0.2, 0.25) is 0 Å². The maximum atomic E-state index is 4.19. The SMILES string of the molecule is CCc1ccc(CC(NC)c2ncn[nH]2)cc1. The lowest BCUT2D eigenvalue weighted by atomic mass is 10.0. The second-order valence-corrected chi connectivity index (χ2v) is 4.09. The molecule has 0 aliphatic heterocycles. The lowest BCUT2D eigenvalue weighted by Crippen LogP contribution is -2.20. The number of aryl methyl sites for hydroxylation is 1. The van der Waals surface area contributed by atoms with Gasteiger partial charge in [0, 0.05) is 0 Å². The van der Waals surface area contributed by atoms with Gasteiger partial charge in [0.25, 0.3) is 0 Å². The number of hydrogen-bond donors (Lipinski definition) is 2. The maximum Gasteiger partial charge on any atom is 0.141 e. The Bertz CT molecular complexity index is 433. The van der Waals surface area contributed by atoms with Crippen LogP contribution in [-0.2, 0) is 12.8 Å². The minimum absolute atomic E-state index is 0.185. The van der Waals surface area contributed by atoms with Crippen molar-refractivity contribution in [1.29, 1.82) is 0 Å². The molecular formula is C13H18N4. The van der Waals surface area contributed by atoms with Gasteiger partial charge >= 0.3 is 0 Å². The van der Waals surface area contributed by atoms with E-state index in [2.05, 4.69) is 51.7 Å². The zero-order chi connectivity index (χ0) is 12.1. The highest BCUT2D eigenvalue weighted by atomic mass is 15.2. The van der Waals surface area contributed by atoms with E-state index in [1.165, 1.54) is 11.1 Å². The third kappa shape index (κ3) is 2.91. The van der Waals surface area contributed by atoms with E-state index in [0.29, 0.717) is 0 Å². The van der Waals surface area contributed by atoms with Crippen molar-refractivity contribution in [3.05, 3.63) is 47.5 Å². The number of hydrogen-bond acceptors (Lipinski definition) is 3. The largest absolute Gasteiger partial charge is 0.310 e. The molecule has 0 aliphatic rings. The maximum absolute atomic E-state index is 4.19. The molecule has 4 nitrogen and oxygen atoms in total. The minimum Gasteiger partial charge on any atom is -0.310 e. The molecule has 0 amide bonds. The summed E-state index contributed by atoms with van der Waals surface area (Å²) in [7, 11) is 1.94. The molecule has 1 atom stereocenters. The molecule has 0 fully saturated rings. The van der Waals surface area contributed by atoms with Crippen LogP contribution in [0.15, 0.2) is 30.6 Å². The number of nitrogens with zero attached hydrogens (tertiary/aromatic N) is 2. The van der Waals surface area contributed by atoms with E-state index in [1.54, 1.807) is 6.33 Å². The molecule has 0 saturated carbocycles. The summed E-state index contributed by atoms with van der Waals surface area (Å²) in [4.78, 5) is 4.19. The lowest BCUT2D eigenvalue weighted by Gasteiger charge is -2.13. The first kappa shape index (κ1) is 11.8. The third-order valence-electron chi connectivity index (χ3n) is 2.98. The van der Waals surface area contributed by atoms with Gasteiger partial charge in [0.15, 0.2) is 0 Å². The summed E-state index contributed by atoms with van der Waals surface area (Å²) in [6.07, 6.45) is 3.54. The predicted octanol–water partition coefficient (Wildman–Crippen LogP) is 1.87. The van der Waals surface area contributed by atoms with Crippen LogP contribution in [-0.4, -0.2) is 22.2 Å². The quantitative estimate of drug-likeness (QED) is 0.824. The van der Waals surface area contributed by atoms with Gasteiger partial charge in [-0.2, -0.15) is 5.10 Å². The van der Waals surface area contributed by atoms with Crippen LogP contribution < -0.4 is 5.32 Å². The fourth-order valence-electron chi connectivity index (χ4n) is 1.87. The van der Waals surface area contributed by atoms with Crippen molar-refractivity contribution in [2.45, 2.75) is 25.8 Å². The van der Waals surface area contributed by atoms with Crippen LogP contribution in [0, 0.1) is 0 Å². The van der Waals surface area contributed by atoms with E-state index in [0.717, 1.165) is 18.7 Å². The minimum atomic E-state index is 0.185. The highest BCUT2D eigenvalue weighted by Crippen LogP contribution is 2.14. The van der Waals surface area contributed by atoms with Crippen molar-refractivity contribution in [3.63, 3.8) is 0 Å². The van der Waals surface area contributed by atoms with E-state index in [4.69, 9.17) is 0 Å². The van der Waals surface area contributed by atoms with Crippen LogP contribution in [0.1, 0.15) is 29.9 Å². The number of benzene rings is 1. The topological polar surface area (TPSA) is 53.6 Å². The lowest BCUT2D eigenvalue weighted by molar-refractivity contribution is 0.559. The fourth-order valence-corrected chi connectivity index (χ4v) is 1.87. The summed E-state index contributed by atoms with van der Waals surface area (Å²) in [5, 5.41) is 10.0. The zero-order valence-corrected chi connectivity index (χ0v) is 10.3. The first-order valence-electron chi connectivity index (χ1n) is 5.93. The number of likely N-dealkylation sites (N-methyl/N-ethyl adjacent to an activating group) is 1. The molecule has 4 heteroatoms. The molecule has 1 heterocycles. The Morgan fingerprint density at radius 1 is 1.24 bits per heavy atom. The van der Waals surface area contributed by atoms with Gasteiger partial charge in [-0.1, -0.05) is 31.2 Å². The molecule has 0 saturated heterocycles. The van der Waals surface area contributed by atoms with E-state index in [-0.39, 0.29) is 6.04 Å². The third-order valence-corrected chi connectivity index (χ3v) is 2.98. The van der Waals surface area contributed by atoms with Crippen molar-refractivity contribution in [2.75, 3.05) is 7.05 Å². The fraction of sp³-hybridized carbons (Fsp3) is 0.385. The molecular weight excluding hydrogens is 212 g/mol. The standard InChI is InChI=1S/C13H18N4/c1-3-10-4-6-11(7-5-10)8-12(14-2)13-15-9-16-17-13/h4-7,9,12,14H,3,8H2,1-2H3,(H,15,16,17). The van der Waals surface area contributed by atoms with E-state index >= 15 is 0 Å². The van der Waals surface area contributed by atoms with E-state index < -0.39 is 0 Å². The Balaban J connectivity index is 2.07. The summed E-state index contributed by atoms with van der Waals surface area (Å²) in [5.41, 5.74) is 2.67. The van der Waals surface area contributed by atoms with E-state index in [1.807, 2.05) is 7.05 Å². The van der Waals surface area contributed by atoms with Crippen LogP contribution in [0.25, 0.3) is 0 Å². The van der Waals surface area contributed by atoms with Gasteiger partial charge in [0.2, 0.25) is 0 Å². The number of H-pyrrole nitrogens is 1. The van der Waals surface area contributed by atoms with Gasteiger partial charge in [-0.05, 0) is 31.0 Å². The molecule has 0 aliphatic carbocycles. The van der Waals surface area contributed by atoms with Crippen LogP contribution >= 0.6 is 0 Å². The Hall–Kier alpha value is -1.68. The van der Waals surface area contributed by atoms with Crippen LogP contribution in [0.5, 0.6) is 0 Å². The molecule has 2 N–H and O–H groups in total. The van der Waals surface area contributed by atoms with Crippen molar-refractivity contribution in [2.24, 2.45) is 0 Å². The average Bonchev–Trinajstić information content (AvgIpc) is 2.90. The second kappa shape index (κ2) is 5.59. The van der Waals surface area contributed by atoms with Gasteiger partial charge in [0.05, 0.1) is 6.04 Å². The van der Waals surface area contributed by atoms with Gasteiger partial charge in [-0.3, -0.25) is 5.10 Å². The number of rotatable bonds is 5. The smallest absolute Gasteiger partial charge is 0.141 e. The van der Waals surface area contributed by atoms with Crippen LogP contribution in [0.4, 0.5) is 0 Å². The summed E-state index contributed by atoms with van der Waals surface area (Å²) in [6.45, 7) is 2.17. The van der Waals surface area contributed by atoms with Crippen molar-refractivity contribution in [1.82, 2.24) is 20.5 Å². The molecule has 1 aromatic carbocycles. The zero-order valence-electron chi connectivity index (χ0n) is 10.3. The molecule has 0 spiro atoms. The number of aromatic nitrogens is 3. The molecule has 1 aromatic heterocycles. The molecule has 17 heavy (non-hydrogen) atoms. The van der Waals surface area contributed by atoms with Gasteiger partial charge in [-0.25, -0.2) is 4.98 Å². The van der Waals surface area contributed by atoms with Crippen molar-refractivity contribution >= 4 is 0 Å². The van der Waals surface area contributed by atoms with Crippen molar-refractivity contribution in [3.8, 4) is 0 Å². The van der Waals surface area contributed by atoms with Gasteiger partial charge in [0.1, 0.15) is 12.2 Å². The highest BCUT2D eigenvalue weighted by Gasteiger charge is 2.12. The monoisotopic (exact) mass is 230 g/mol. The Morgan fingerprint density at radius 3 is 2.47 bits per heavy atom. The molecule has 2 aromatic rings. The Morgan fingerprint density at radius 2 is 1.94 bits per heavy atom. The Kier molecular flexibility index (Phi) is 3.88. The molecule has 2 rings (SSSR count). The van der Waals surface area contributed by atoms with Gasteiger partial charge in [-0.15, -0.1) is 0 Å². The molecule has 0 radical (unpaired) electrons. The second-order valence-electron chi connectivity index (χ2n) is 4.09. The molecule has 90 valence electrons. The first-order chi connectivity index (χ1) is 8.33. The summed E-state index contributed by atoms with van der Waals surface area (Å²) in [5.74, 6) is 0.882. The predicted molar refractivity (Wildman–Crippen MR) is 67.7 cm³/mol. The Labute approximate surface area is 101 Å². The van der Waals surface area contributed by atoms with Crippen LogP contribution in [0.3, 0.4) is 0 Å². The first-order valence-corrected chi connectivity index (χ1v) is 5.93. The van der Waals surface area contributed by atoms with Crippen molar-refractivity contribution < 1.29 is 0 Å². The molecule has 1 unspecified atom stereocenters. The number of nitrogens with one attached hydrogen (secondary N) is 2. The van der Waals surface area contributed by atoms with E-state index in [9.17, 15) is 0 Å². The average molecular weight is 230 g/mol. The summed E-state index contributed by atoms with van der Waals surface area (Å²) >= 11 is 0. The summed E-state index contributed by atoms with van der Waals surface area (Å²) < 4.78 is 0. The summed E-state index contributed by atoms with van der Waals surface area (Å²) in [6, 6.07) is 8.91.